The average Bonchev–Trinajstić information content (AvgIpc) is 2.67. The van der Waals surface area contributed by atoms with E-state index in [0.717, 1.165) is 5.75 Å². The van der Waals surface area contributed by atoms with Crippen LogP contribution >= 0.6 is 11.8 Å². The van der Waals surface area contributed by atoms with E-state index in [-0.39, 0.29) is 11.3 Å². The average molecular weight is 409 g/mol. The van der Waals surface area contributed by atoms with E-state index in [2.05, 4.69) is 0 Å². The zero-order valence-electron chi connectivity index (χ0n) is 15.2. The van der Waals surface area contributed by atoms with Crippen molar-refractivity contribution in [1.82, 2.24) is 0 Å². The van der Waals surface area contributed by atoms with Crippen molar-refractivity contribution >= 4 is 29.7 Å². The summed E-state index contributed by atoms with van der Waals surface area (Å²) in [5.74, 6) is -2.29. The molecule has 2 aromatic carbocycles. The molecular weight excluding hydrogens is 386 g/mol. The Morgan fingerprint density at radius 3 is 1.82 bits per heavy atom. The molecule has 6 N–H and O–H groups in total. The van der Waals surface area contributed by atoms with E-state index in [0.29, 0.717) is 12.0 Å². The molecule has 152 valence electrons. The van der Waals surface area contributed by atoms with Crippen molar-refractivity contribution in [2.75, 3.05) is 12.0 Å². The molecule has 9 heteroatoms. The molecule has 0 aromatic heterocycles. The molecule has 1 atom stereocenters. The van der Waals surface area contributed by atoms with Gasteiger partial charge in [0.15, 0.2) is 0 Å². The molecular formula is C19H23NO7S. The van der Waals surface area contributed by atoms with Gasteiger partial charge < -0.3 is 26.2 Å². The lowest BCUT2D eigenvalue weighted by Crippen LogP contribution is -2.30. The summed E-state index contributed by atoms with van der Waals surface area (Å²) < 4.78 is 0. The molecule has 0 bridgehead atoms. The number of thioether (sulfide) groups is 1. The lowest BCUT2D eigenvalue weighted by molar-refractivity contribution is -0.138. The summed E-state index contributed by atoms with van der Waals surface area (Å²) in [4.78, 5) is 30.5. The molecule has 0 aliphatic heterocycles. The van der Waals surface area contributed by atoms with Crippen molar-refractivity contribution in [3.63, 3.8) is 0 Å². The van der Waals surface area contributed by atoms with Crippen molar-refractivity contribution in [3.05, 3.63) is 65.7 Å². The van der Waals surface area contributed by atoms with Gasteiger partial charge in [0.1, 0.15) is 17.4 Å². The number of carbonyl (C=O) groups is 3. The maximum Gasteiger partial charge on any atom is 0.339 e. The normalized spacial score (nSPS) is 10.4. The quantitative estimate of drug-likeness (QED) is 0.483. The van der Waals surface area contributed by atoms with Gasteiger partial charge in [0.2, 0.25) is 0 Å². The third-order valence-electron chi connectivity index (χ3n) is 3.11. The van der Waals surface area contributed by atoms with Crippen molar-refractivity contribution in [2.45, 2.75) is 12.5 Å². The summed E-state index contributed by atoms with van der Waals surface area (Å²) in [5, 5.41) is 34.0. The number of carboxylic acid groups (broad SMARTS) is 3. The number of rotatable bonds is 6. The number of carboxylic acids is 3. The van der Waals surface area contributed by atoms with E-state index in [1.807, 2.05) is 6.26 Å². The van der Waals surface area contributed by atoms with Gasteiger partial charge in [0, 0.05) is 0 Å². The van der Waals surface area contributed by atoms with Gasteiger partial charge in [-0.25, -0.2) is 9.59 Å². The Labute approximate surface area is 166 Å². The Hall–Kier alpha value is -3.04. The highest BCUT2D eigenvalue weighted by Gasteiger charge is 2.09. The molecule has 0 heterocycles. The van der Waals surface area contributed by atoms with Crippen LogP contribution in [0.1, 0.15) is 27.1 Å². The molecule has 2 rings (SSSR count). The van der Waals surface area contributed by atoms with Crippen LogP contribution < -0.4 is 5.73 Å². The lowest BCUT2D eigenvalue weighted by atomic mass is 10.2. The Balaban J connectivity index is 0.000000392. The molecule has 0 aliphatic carbocycles. The monoisotopic (exact) mass is 409 g/mol. The number of para-hydroxylation sites is 1. The Kier molecular flexibility index (Phi) is 12.5. The topological polar surface area (TPSA) is 158 Å². The van der Waals surface area contributed by atoms with Crippen LogP contribution in [0.25, 0.3) is 0 Å². The Bertz CT molecular complexity index is 753. The SMILES string of the molecule is CSCC[C@H](N)C(=O)O.O=C(O)c1ccccc1.O=C(O)c1ccccc1O. The molecule has 0 aliphatic rings. The summed E-state index contributed by atoms with van der Waals surface area (Å²) in [6.45, 7) is 0. The summed E-state index contributed by atoms with van der Waals surface area (Å²) >= 11 is 1.60. The standard InChI is InChI=1S/C7H6O3.C7H6O2.C5H11NO2S/c8-6-4-2-1-3-5(6)7(9)10;8-7(9)6-4-2-1-3-5-6;1-9-3-2-4(6)5(7)8/h1-4,8H,(H,9,10);1-5H,(H,8,9);4H,2-3,6H2,1H3,(H,7,8)/t;;4-/m..0/s1. The Morgan fingerprint density at radius 2 is 1.46 bits per heavy atom. The fourth-order valence-electron chi connectivity index (χ4n) is 1.60. The zero-order valence-corrected chi connectivity index (χ0v) is 16.0. The van der Waals surface area contributed by atoms with Crippen LogP contribution in [0.3, 0.4) is 0 Å². The van der Waals surface area contributed by atoms with Gasteiger partial charge in [-0.05, 0) is 42.7 Å². The first kappa shape index (κ1) is 25.0. The van der Waals surface area contributed by atoms with Crippen LogP contribution in [-0.2, 0) is 4.79 Å². The summed E-state index contributed by atoms with van der Waals surface area (Å²) in [6, 6.07) is 13.4. The minimum Gasteiger partial charge on any atom is -0.507 e. The first-order valence-corrected chi connectivity index (χ1v) is 9.37. The molecule has 0 fully saturated rings. The summed E-state index contributed by atoms with van der Waals surface area (Å²) in [5.41, 5.74) is 5.45. The van der Waals surface area contributed by atoms with Gasteiger partial charge in [-0.2, -0.15) is 11.8 Å². The van der Waals surface area contributed by atoms with E-state index in [9.17, 15) is 14.4 Å². The van der Waals surface area contributed by atoms with Crippen LogP contribution in [0.15, 0.2) is 54.6 Å². The highest BCUT2D eigenvalue weighted by Crippen LogP contribution is 2.14. The van der Waals surface area contributed by atoms with E-state index in [4.69, 9.17) is 26.2 Å². The zero-order chi connectivity index (χ0) is 21.5. The van der Waals surface area contributed by atoms with Crippen LogP contribution in [0.2, 0.25) is 0 Å². The molecule has 0 amide bonds. The van der Waals surface area contributed by atoms with Crippen molar-refractivity contribution in [3.8, 4) is 5.75 Å². The Morgan fingerprint density at radius 1 is 0.929 bits per heavy atom. The second-order valence-corrected chi connectivity index (χ2v) is 6.21. The third-order valence-corrected chi connectivity index (χ3v) is 3.75. The number of aromatic hydroxyl groups is 1. The van der Waals surface area contributed by atoms with E-state index in [1.54, 1.807) is 54.2 Å². The first-order valence-electron chi connectivity index (χ1n) is 7.97. The molecule has 0 spiro atoms. The van der Waals surface area contributed by atoms with Crippen LogP contribution in [0, 0.1) is 0 Å². The minimum atomic E-state index is -1.11. The van der Waals surface area contributed by atoms with Crippen molar-refractivity contribution < 1.29 is 34.8 Å². The predicted molar refractivity (Wildman–Crippen MR) is 107 cm³/mol. The maximum atomic E-state index is 10.3. The number of benzene rings is 2. The number of phenols is 1. The fraction of sp³-hybridized carbons (Fsp3) is 0.211. The van der Waals surface area contributed by atoms with Crippen molar-refractivity contribution in [1.29, 1.82) is 0 Å². The molecule has 0 radical (unpaired) electrons. The largest absolute Gasteiger partial charge is 0.507 e. The molecule has 0 saturated heterocycles. The van der Waals surface area contributed by atoms with E-state index >= 15 is 0 Å². The van der Waals surface area contributed by atoms with E-state index in [1.165, 1.54) is 12.1 Å². The minimum absolute atomic E-state index is 0.0671. The van der Waals surface area contributed by atoms with Crippen molar-refractivity contribution in [2.24, 2.45) is 5.73 Å². The van der Waals surface area contributed by atoms with E-state index < -0.39 is 23.9 Å². The summed E-state index contributed by atoms with van der Waals surface area (Å²) in [7, 11) is 0. The maximum absolute atomic E-state index is 10.3. The molecule has 2 aromatic rings. The number of hydrogen-bond acceptors (Lipinski definition) is 6. The van der Waals surface area contributed by atoms with Gasteiger partial charge in [0.05, 0.1) is 5.56 Å². The van der Waals surface area contributed by atoms with Crippen LogP contribution in [0.5, 0.6) is 5.75 Å². The van der Waals surface area contributed by atoms with Gasteiger partial charge in [-0.3, -0.25) is 4.79 Å². The first-order chi connectivity index (χ1) is 13.2. The molecule has 28 heavy (non-hydrogen) atoms. The number of aliphatic carboxylic acids is 1. The second kappa shape index (κ2) is 14.1. The fourth-order valence-corrected chi connectivity index (χ4v) is 2.09. The van der Waals surface area contributed by atoms with Gasteiger partial charge >= 0.3 is 17.9 Å². The van der Waals surface area contributed by atoms with Crippen LogP contribution in [0.4, 0.5) is 0 Å². The highest BCUT2D eigenvalue weighted by molar-refractivity contribution is 7.98. The molecule has 0 unspecified atom stereocenters. The number of nitrogens with two attached hydrogens (primary N) is 1. The summed E-state index contributed by atoms with van der Waals surface area (Å²) in [6.07, 6.45) is 2.48. The van der Waals surface area contributed by atoms with Gasteiger partial charge in [-0.15, -0.1) is 0 Å². The van der Waals surface area contributed by atoms with Gasteiger partial charge in [-0.1, -0.05) is 30.3 Å². The molecule has 8 nitrogen and oxygen atoms in total. The molecule has 0 saturated carbocycles. The predicted octanol–water partition coefficient (Wildman–Crippen LogP) is 2.63. The lowest BCUT2D eigenvalue weighted by Gasteiger charge is -2.02. The van der Waals surface area contributed by atoms with Crippen LogP contribution in [-0.4, -0.2) is 56.4 Å². The highest BCUT2D eigenvalue weighted by atomic mass is 32.2. The number of hydrogen-bond donors (Lipinski definition) is 5. The van der Waals surface area contributed by atoms with Gasteiger partial charge in [0.25, 0.3) is 0 Å². The number of aromatic carboxylic acids is 2. The third kappa shape index (κ3) is 10.8. The second-order valence-electron chi connectivity index (χ2n) is 5.22. The smallest absolute Gasteiger partial charge is 0.339 e.